The van der Waals surface area contributed by atoms with Crippen LogP contribution in [0.1, 0.15) is 88.3 Å². The second kappa shape index (κ2) is 16.2. The van der Waals surface area contributed by atoms with Gasteiger partial charge in [-0.15, -0.1) is 0 Å². The first-order chi connectivity index (χ1) is 21.1. The second-order valence-electron chi connectivity index (χ2n) is 12.3. The van der Waals surface area contributed by atoms with Crippen LogP contribution in [0.5, 0.6) is 17.2 Å². The predicted octanol–water partition coefficient (Wildman–Crippen LogP) is 7.45. The van der Waals surface area contributed by atoms with Crippen LogP contribution in [0.2, 0.25) is 0 Å². The van der Waals surface area contributed by atoms with Gasteiger partial charge in [0.05, 0.1) is 19.8 Å². The summed E-state index contributed by atoms with van der Waals surface area (Å²) in [6, 6.07) is 13.2. The van der Waals surface area contributed by atoms with Crippen molar-refractivity contribution in [2.75, 3.05) is 33.7 Å². The summed E-state index contributed by atoms with van der Waals surface area (Å²) in [6.45, 7) is 6.41. The van der Waals surface area contributed by atoms with E-state index in [9.17, 15) is 0 Å². The van der Waals surface area contributed by atoms with Crippen LogP contribution in [0.3, 0.4) is 0 Å². The summed E-state index contributed by atoms with van der Waals surface area (Å²) >= 11 is 0. The average Bonchev–Trinajstić information content (AvgIpc) is 3.88. The highest BCUT2D eigenvalue weighted by Gasteiger charge is 2.27. The van der Waals surface area contributed by atoms with Crippen molar-refractivity contribution in [2.45, 2.75) is 96.2 Å². The van der Waals surface area contributed by atoms with E-state index in [2.05, 4.69) is 31.3 Å². The molecular weight excluding hydrogens is 540 g/mol. The third-order valence-corrected chi connectivity index (χ3v) is 9.10. The van der Waals surface area contributed by atoms with E-state index in [0.29, 0.717) is 36.8 Å². The smallest absolute Gasteiger partial charge is 0.189 e. The maximum atomic E-state index is 6.06. The average molecular weight is 591 g/mol. The zero-order valence-electron chi connectivity index (χ0n) is 26.3. The minimum absolute atomic E-state index is 0.221. The molecule has 1 heterocycles. The molecule has 0 radical (unpaired) electrons. The molecule has 0 spiro atoms. The normalized spacial score (nSPS) is 25.7. The molecule has 2 aromatic rings. The zero-order valence-corrected chi connectivity index (χ0v) is 26.3. The lowest BCUT2D eigenvalue weighted by molar-refractivity contribution is 0.0209. The summed E-state index contributed by atoms with van der Waals surface area (Å²) in [5, 5.41) is 0. The van der Waals surface area contributed by atoms with E-state index in [0.717, 1.165) is 41.7 Å². The first kappa shape index (κ1) is 31.5. The van der Waals surface area contributed by atoms with Gasteiger partial charge in [0, 0.05) is 30.6 Å². The van der Waals surface area contributed by atoms with E-state index >= 15 is 0 Å². The third-order valence-electron chi connectivity index (χ3n) is 9.10. The van der Waals surface area contributed by atoms with Gasteiger partial charge in [0.1, 0.15) is 18.5 Å². The number of hydrogen-bond donors (Lipinski definition) is 0. The molecule has 5 rings (SSSR count). The van der Waals surface area contributed by atoms with Crippen LogP contribution in [0.15, 0.2) is 46.4 Å². The van der Waals surface area contributed by atoms with Gasteiger partial charge >= 0.3 is 0 Å². The van der Waals surface area contributed by atoms with Crippen LogP contribution in [0.25, 0.3) is 0 Å². The maximum Gasteiger partial charge on any atom is 0.189 e. The number of ether oxygens (including phenoxy) is 5. The zero-order chi connectivity index (χ0) is 29.9. The summed E-state index contributed by atoms with van der Waals surface area (Å²) in [5.41, 5.74) is 3.46. The van der Waals surface area contributed by atoms with Crippen molar-refractivity contribution in [3.63, 3.8) is 0 Å². The van der Waals surface area contributed by atoms with Crippen molar-refractivity contribution in [2.24, 2.45) is 21.8 Å². The second-order valence-corrected chi connectivity index (χ2v) is 12.3. The fourth-order valence-corrected chi connectivity index (χ4v) is 6.46. The molecular formula is C36H50N2O5. The first-order valence-corrected chi connectivity index (χ1v) is 16.5. The molecule has 0 N–H and O–H groups in total. The molecule has 2 aliphatic carbocycles. The Kier molecular flexibility index (Phi) is 11.9. The van der Waals surface area contributed by atoms with Crippen molar-refractivity contribution in [1.82, 2.24) is 0 Å². The summed E-state index contributed by atoms with van der Waals surface area (Å²) in [6.07, 6.45) is 16.6. The van der Waals surface area contributed by atoms with Gasteiger partial charge in [-0.1, -0.05) is 25.8 Å². The first-order valence-electron chi connectivity index (χ1n) is 16.5. The van der Waals surface area contributed by atoms with E-state index in [1.807, 2.05) is 31.3 Å². The Morgan fingerprint density at radius 2 is 1.65 bits per heavy atom. The molecule has 7 nitrogen and oxygen atoms in total. The highest BCUT2D eigenvalue weighted by atomic mass is 16.7. The number of nitrogens with zero attached hydrogens (tertiary/aromatic N) is 2. The van der Waals surface area contributed by atoms with Crippen LogP contribution in [0.4, 0.5) is 0 Å². The lowest BCUT2D eigenvalue weighted by Crippen LogP contribution is -2.24. The molecule has 3 unspecified atom stereocenters. The molecule has 0 bridgehead atoms. The predicted molar refractivity (Wildman–Crippen MR) is 172 cm³/mol. The van der Waals surface area contributed by atoms with Gasteiger partial charge in [-0.25, -0.2) is 0 Å². The largest absolute Gasteiger partial charge is 0.493 e. The summed E-state index contributed by atoms with van der Waals surface area (Å²) in [5.74, 6) is 3.90. The number of epoxide rings is 1. The molecule has 1 aliphatic heterocycles. The maximum absolute atomic E-state index is 6.06. The standard InChI is InChI=1S/C36H50N2O5/c1-4-26-11-15-34(42-24-33-23-41-33)30(18-26)22-38-32-8-6-7-28(19-32)17-27-9-13-31(14-10-27)37-21-29-12-16-35(36(20-29)39-3)43-25-40-5-2/h11-12,15-16,18,20-22,27-28,31-33H,4-10,13-14,17,19,23-25H2,1-3H3/b37-21+,38-22?. The molecule has 2 aromatic carbocycles. The molecule has 1 saturated heterocycles. The van der Waals surface area contributed by atoms with Gasteiger partial charge in [-0.3, -0.25) is 9.98 Å². The topological polar surface area (TPSA) is 74.2 Å². The Labute approximate surface area is 258 Å². The lowest BCUT2D eigenvalue weighted by Gasteiger charge is -2.32. The van der Waals surface area contributed by atoms with Crippen LogP contribution < -0.4 is 14.2 Å². The van der Waals surface area contributed by atoms with Gasteiger partial charge < -0.3 is 23.7 Å². The highest BCUT2D eigenvalue weighted by molar-refractivity contribution is 5.84. The third kappa shape index (κ3) is 9.80. The van der Waals surface area contributed by atoms with Gasteiger partial charge in [-0.2, -0.15) is 0 Å². The van der Waals surface area contributed by atoms with Crippen LogP contribution >= 0.6 is 0 Å². The monoisotopic (exact) mass is 590 g/mol. The van der Waals surface area contributed by atoms with Gasteiger partial charge in [0.25, 0.3) is 0 Å². The van der Waals surface area contributed by atoms with Crippen molar-refractivity contribution in [3.05, 3.63) is 53.1 Å². The lowest BCUT2D eigenvalue weighted by atomic mass is 9.75. The van der Waals surface area contributed by atoms with Gasteiger partial charge in [0.15, 0.2) is 18.3 Å². The van der Waals surface area contributed by atoms with Crippen LogP contribution in [-0.2, 0) is 15.9 Å². The Bertz CT molecular complexity index is 1200. The minimum Gasteiger partial charge on any atom is -0.493 e. The summed E-state index contributed by atoms with van der Waals surface area (Å²) in [4.78, 5) is 10.0. The van der Waals surface area contributed by atoms with Gasteiger partial charge in [-0.05, 0) is 112 Å². The van der Waals surface area contributed by atoms with E-state index in [-0.39, 0.29) is 12.9 Å². The summed E-state index contributed by atoms with van der Waals surface area (Å²) in [7, 11) is 1.66. The van der Waals surface area contributed by atoms with Crippen molar-refractivity contribution < 1.29 is 23.7 Å². The minimum atomic E-state index is 0.221. The highest BCUT2D eigenvalue weighted by Crippen LogP contribution is 2.37. The molecule has 43 heavy (non-hydrogen) atoms. The molecule has 7 heteroatoms. The van der Waals surface area contributed by atoms with Crippen molar-refractivity contribution >= 4 is 12.4 Å². The van der Waals surface area contributed by atoms with E-state index < -0.39 is 0 Å². The Morgan fingerprint density at radius 3 is 2.42 bits per heavy atom. The quantitative estimate of drug-likeness (QED) is 0.0932. The number of benzene rings is 2. The van der Waals surface area contributed by atoms with Crippen molar-refractivity contribution in [3.8, 4) is 17.2 Å². The molecule has 0 aromatic heterocycles. The van der Waals surface area contributed by atoms with E-state index in [4.69, 9.17) is 33.7 Å². The van der Waals surface area contributed by atoms with Crippen LogP contribution in [-0.4, -0.2) is 64.3 Å². The fourth-order valence-electron chi connectivity index (χ4n) is 6.46. The molecule has 234 valence electrons. The molecule has 3 atom stereocenters. The SMILES string of the molecule is CCOCOc1ccc(/C=N/C2CCC(CC3CCCC(N=Cc4cc(CC)ccc4OCC4CO4)C3)CC2)cc1OC. The fraction of sp³-hybridized carbons (Fsp3) is 0.611. The number of aryl methyl sites for hydroxylation is 1. The number of aliphatic imine (C=N–C) groups is 2. The van der Waals surface area contributed by atoms with E-state index in [1.54, 1.807) is 7.11 Å². The van der Waals surface area contributed by atoms with Crippen molar-refractivity contribution in [1.29, 1.82) is 0 Å². The van der Waals surface area contributed by atoms with Crippen LogP contribution in [0, 0.1) is 11.8 Å². The molecule has 3 fully saturated rings. The molecule has 0 amide bonds. The molecule has 3 aliphatic rings. The van der Waals surface area contributed by atoms with Gasteiger partial charge in [0.2, 0.25) is 0 Å². The van der Waals surface area contributed by atoms with E-state index in [1.165, 1.54) is 63.4 Å². The number of methoxy groups -OCH3 is 1. The Balaban J connectivity index is 1.08. The molecule has 2 saturated carbocycles. The Morgan fingerprint density at radius 1 is 0.837 bits per heavy atom. The summed E-state index contributed by atoms with van der Waals surface area (Å²) < 4.78 is 27.9. The Hall–Kier alpha value is -2.90. The number of rotatable bonds is 15. The number of hydrogen-bond acceptors (Lipinski definition) is 7.